The van der Waals surface area contributed by atoms with Gasteiger partial charge in [-0.15, -0.1) is 0 Å². The van der Waals surface area contributed by atoms with Crippen LogP contribution in [0.3, 0.4) is 0 Å². The molecule has 0 heterocycles. The molecule has 0 N–H and O–H groups in total. The first-order valence-corrected chi connectivity index (χ1v) is 4.91. The Kier molecular flexibility index (Phi) is 4.39. The Bertz CT molecular complexity index is 478. The van der Waals surface area contributed by atoms with Gasteiger partial charge in [0.15, 0.2) is 5.57 Å². The number of methoxy groups -OCH3 is 1. The lowest BCUT2D eigenvalue weighted by atomic mass is 10.1. The van der Waals surface area contributed by atoms with Crippen LogP contribution in [-0.4, -0.2) is 7.11 Å². The number of nitrogens with zero attached hydrogens (tertiary/aromatic N) is 2. The Morgan fingerprint density at radius 3 is 2.56 bits per heavy atom. The second-order valence-electron chi connectivity index (χ2n) is 3.03. The third-order valence-electron chi connectivity index (χ3n) is 2.00. The number of hydrogen-bond acceptors (Lipinski definition) is 3. The summed E-state index contributed by atoms with van der Waals surface area (Å²) in [7, 11) is 1.44. The zero-order valence-corrected chi connectivity index (χ0v) is 9.45. The van der Waals surface area contributed by atoms with Crippen LogP contribution in [0.1, 0.15) is 5.56 Å². The molecule has 0 aliphatic carbocycles. The predicted molar refractivity (Wildman–Crippen MR) is 60.4 cm³/mol. The first-order valence-electron chi connectivity index (χ1n) is 4.53. The van der Waals surface area contributed by atoms with Gasteiger partial charge < -0.3 is 4.74 Å². The number of hydrogen-bond donors (Lipinski definition) is 0. The highest BCUT2D eigenvalue weighted by molar-refractivity contribution is 6.30. The summed E-state index contributed by atoms with van der Waals surface area (Å²) < 4.78 is 5.03. The summed E-state index contributed by atoms with van der Waals surface area (Å²) in [5, 5.41) is 18.1. The highest BCUT2D eigenvalue weighted by Crippen LogP contribution is 2.16. The third-order valence-corrected chi connectivity index (χ3v) is 2.24. The van der Waals surface area contributed by atoms with Crippen LogP contribution in [0.2, 0.25) is 5.02 Å². The van der Waals surface area contributed by atoms with Gasteiger partial charge in [0, 0.05) is 11.4 Å². The smallest absolute Gasteiger partial charge is 0.167 e. The lowest BCUT2D eigenvalue weighted by Crippen LogP contribution is -1.97. The zero-order valence-electron chi connectivity index (χ0n) is 8.70. The zero-order chi connectivity index (χ0) is 12.0. The Balaban J connectivity index is 3.01. The fourth-order valence-corrected chi connectivity index (χ4v) is 1.46. The van der Waals surface area contributed by atoms with E-state index in [1.807, 2.05) is 12.1 Å². The van der Waals surface area contributed by atoms with Crippen LogP contribution in [0.5, 0.6) is 0 Å². The van der Waals surface area contributed by atoms with Gasteiger partial charge in [0.05, 0.1) is 7.11 Å². The minimum absolute atomic E-state index is 0.0116. The summed E-state index contributed by atoms with van der Waals surface area (Å²) in [5.74, 6) is 0.354. The van der Waals surface area contributed by atoms with E-state index in [0.29, 0.717) is 17.2 Å². The maximum atomic E-state index is 8.72. The summed E-state index contributed by atoms with van der Waals surface area (Å²) in [6.45, 7) is 0. The van der Waals surface area contributed by atoms with Crippen molar-refractivity contribution in [3.05, 3.63) is 46.2 Å². The molecule has 0 aliphatic rings. The molecular weight excluding hydrogens is 224 g/mol. The minimum Gasteiger partial charge on any atom is -0.499 e. The van der Waals surface area contributed by atoms with Crippen molar-refractivity contribution in [2.24, 2.45) is 0 Å². The van der Waals surface area contributed by atoms with Crippen molar-refractivity contribution in [1.82, 2.24) is 0 Å². The molecule has 1 aromatic rings. The molecule has 1 aromatic carbocycles. The van der Waals surface area contributed by atoms with Gasteiger partial charge in [-0.05, 0) is 17.7 Å². The highest BCUT2D eigenvalue weighted by atomic mass is 35.5. The first kappa shape index (κ1) is 12.1. The van der Waals surface area contributed by atoms with Crippen LogP contribution >= 0.6 is 11.6 Å². The SMILES string of the molecule is COC(Cc1cccc(Cl)c1)=C(C#N)C#N. The highest BCUT2D eigenvalue weighted by Gasteiger charge is 2.07. The van der Waals surface area contributed by atoms with Crippen LogP contribution in [0, 0.1) is 22.7 Å². The van der Waals surface area contributed by atoms with Gasteiger partial charge in [-0.1, -0.05) is 23.7 Å². The minimum atomic E-state index is -0.0116. The van der Waals surface area contributed by atoms with Gasteiger partial charge in [0.25, 0.3) is 0 Å². The number of allylic oxidation sites excluding steroid dienone is 2. The van der Waals surface area contributed by atoms with Gasteiger partial charge in [-0.25, -0.2) is 0 Å². The van der Waals surface area contributed by atoms with Crippen LogP contribution in [0.15, 0.2) is 35.6 Å². The predicted octanol–water partition coefficient (Wildman–Crippen LogP) is 2.83. The topological polar surface area (TPSA) is 56.8 Å². The van der Waals surface area contributed by atoms with E-state index in [2.05, 4.69) is 0 Å². The standard InChI is InChI=1S/C12H9ClN2O/c1-16-12(10(7-14)8-15)6-9-3-2-4-11(13)5-9/h2-5H,6H2,1H3. The average molecular weight is 233 g/mol. The largest absolute Gasteiger partial charge is 0.499 e. The van der Waals surface area contributed by atoms with Crippen molar-refractivity contribution < 1.29 is 4.74 Å². The molecule has 0 radical (unpaired) electrons. The molecule has 0 saturated carbocycles. The van der Waals surface area contributed by atoms with E-state index in [0.717, 1.165) is 5.56 Å². The van der Waals surface area contributed by atoms with Crippen molar-refractivity contribution in [3.63, 3.8) is 0 Å². The summed E-state index contributed by atoms with van der Waals surface area (Å²) in [4.78, 5) is 0. The van der Waals surface area contributed by atoms with Crippen LogP contribution in [-0.2, 0) is 11.2 Å². The molecule has 0 atom stereocenters. The molecule has 0 spiro atoms. The molecule has 0 fully saturated rings. The van der Waals surface area contributed by atoms with Gasteiger partial charge in [0.2, 0.25) is 0 Å². The van der Waals surface area contributed by atoms with Gasteiger partial charge in [0.1, 0.15) is 17.9 Å². The second kappa shape index (κ2) is 5.80. The van der Waals surface area contributed by atoms with Crippen LogP contribution in [0.4, 0.5) is 0 Å². The second-order valence-corrected chi connectivity index (χ2v) is 3.47. The lowest BCUT2D eigenvalue weighted by Gasteiger charge is -2.06. The molecule has 1 rings (SSSR count). The van der Waals surface area contributed by atoms with Crippen molar-refractivity contribution in [2.45, 2.75) is 6.42 Å². The summed E-state index contributed by atoms with van der Waals surface area (Å²) in [5.41, 5.74) is 0.884. The number of halogens is 1. The molecule has 0 aliphatic heterocycles. The summed E-state index contributed by atoms with van der Waals surface area (Å²) in [6.07, 6.45) is 0.382. The molecule has 4 heteroatoms. The molecular formula is C12H9ClN2O. The Hall–Kier alpha value is -1.97. The number of rotatable bonds is 3. The molecule has 0 aromatic heterocycles. The number of nitriles is 2. The van der Waals surface area contributed by atoms with Gasteiger partial charge in [-0.2, -0.15) is 10.5 Å². The van der Waals surface area contributed by atoms with E-state index < -0.39 is 0 Å². The van der Waals surface area contributed by atoms with Crippen molar-refractivity contribution in [3.8, 4) is 12.1 Å². The van der Waals surface area contributed by atoms with Gasteiger partial charge >= 0.3 is 0 Å². The fraction of sp³-hybridized carbons (Fsp3) is 0.167. The lowest BCUT2D eigenvalue weighted by molar-refractivity contribution is 0.281. The fourth-order valence-electron chi connectivity index (χ4n) is 1.24. The van der Waals surface area contributed by atoms with E-state index in [1.54, 1.807) is 24.3 Å². The molecule has 16 heavy (non-hydrogen) atoms. The van der Waals surface area contributed by atoms with Crippen molar-refractivity contribution in [2.75, 3.05) is 7.11 Å². The molecule has 0 bridgehead atoms. The average Bonchev–Trinajstić information content (AvgIpc) is 2.29. The van der Waals surface area contributed by atoms with E-state index in [4.69, 9.17) is 26.9 Å². The normalized spacial score (nSPS) is 8.75. The molecule has 80 valence electrons. The van der Waals surface area contributed by atoms with E-state index >= 15 is 0 Å². The monoisotopic (exact) mass is 232 g/mol. The maximum absolute atomic E-state index is 8.72. The summed E-state index contributed by atoms with van der Waals surface area (Å²) >= 11 is 5.83. The quantitative estimate of drug-likeness (QED) is 0.595. The molecule has 0 amide bonds. The molecule has 0 saturated heterocycles. The van der Waals surface area contributed by atoms with Gasteiger partial charge in [-0.3, -0.25) is 0 Å². The third kappa shape index (κ3) is 3.02. The van der Waals surface area contributed by atoms with E-state index in [9.17, 15) is 0 Å². The van der Waals surface area contributed by atoms with Crippen LogP contribution < -0.4 is 0 Å². The number of benzene rings is 1. The number of ether oxygens (including phenoxy) is 1. The maximum Gasteiger partial charge on any atom is 0.167 e. The molecule has 0 unspecified atom stereocenters. The Morgan fingerprint density at radius 2 is 2.06 bits per heavy atom. The van der Waals surface area contributed by atoms with Crippen molar-refractivity contribution in [1.29, 1.82) is 10.5 Å². The van der Waals surface area contributed by atoms with E-state index in [1.165, 1.54) is 7.11 Å². The summed E-state index contributed by atoms with van der Waals surface area (Å²) in [6, 6.07) is 10.8. The Labute approximate surface area is 99.1 Å². The van der Waals surface area contributed by atoms with Crippen molar-refractivity contribution >= 4 is 11.6 Å². The van der Waals surface area contributed by atoms with E-state index in [-0.39, 0.29) is 5.57 Å². The first-order chi connectivity index (χ1) is 7.71. The Morgan fingerprint density at radius 1 is 1.38 bits per heavy atom. The van der Waals surface area contributed by atoms with Crippen LogP contribution in [0.25, 0.3) is 0 Å². The molecule has 3 nitrogen and oxygen atoms in total.